The Morgan fingerprint density at radius 3 is 1.84 bits per heavy atom. The Labute approximate surface area is 428 Å². The quantitative estimate of drug-likeness (QED) is 0.0327. The summed E-state index contributed by atoms with van der Waals surface area (Å²) in [5.74, 6) is 0. The van der Waals surface area contributed by atoms with Crippen LogP contribution in [0.15, 0.2) is 116 Å². The van der Waals surface area contributed by atoms with Gasteiger partial charge in [0.1, 0.15) is 30.8 Å². The van der Waals surface area contributed by atoms with Crippen LogP contribution in [0.2, 0.25) is 0 Å². The van der Waals surface area contributed by atoms with Crippen molar-refractivity contribution in [2.24, 2.45) is 0 Å². The van der Waals surface area contributed by atoms with Gasteiger partial charge < -0.3 is 50.7 Å². The highest BCUT2D eigenvalue weighted by atomic mass is 35.5. The number of rotatable bonds is 14. The van der Waals surface area contributed by atoms with E-state index in [2.05, 4.69) is 25.6 Å². The van der Waals surface area contributed by atoms with E-state index in [4.69, 9.17) is 19.8 Å². The van der Waals surface area contributed by atoms with Crippen molar-refractivity contribution in [3.8, 4) is 0 Å². The van der Waals surface area contributed by atoms with Gasteiger partial charge in [-0.15, -0.1) is 25.6 Å². The van der Waals surface area contributed by atoms with Crippen LogP contribution in [-0.4, -0.2) is 137 Å². The van der Waals surface area contributed by atoms with Crippen LogP contribution < -0.4 is 5.48 Å². The van der Waals surface area contributed by atoms with Gasteiger partial charge in [-0.1, -0.05) is 118 Å². The van der Waals surface area contributed by atoms with Crippen LogP contribution in [0.3, 0.4) is 0 Å². The molecule has 6 rings (SSSR count). The van der Waals surface area contributed by atoms with Crippen molar-refractivity contribution in [3.63, 3.8) is 0 Å². The number of hydroxylamine groups is 6. The number of carbonyl (C=O) groups excluding carboxylic acids is 1. The molecule has 3 aromatic rings. The number of benzene rings is 3. The molecule has 3 aromatic carbocycles. The molecule has 1 amide bonds. The molecule has 0 unspecified atom stereocenters. The number of aliphatic hydroxyl groups excluding tert-OH is 4. The number of likely N-dealkylation sites (tertiary alicyclic amines) is 2. The Hall–Kier alpha value is -3.78. The maximum atomic E-state index is 11.8. The van der Waals surface area contributed by atoms with Crippen molar-refractivity contribution in [1.82, 2.24) is 15.4 Å². The van der Waals surface area contributed by atoms with Crippen LogP contribution >= 0.6 is 12.4 Å². The Bertz CT molecular complexity index is 1680. The Balaban J connectivity index is -0.000000387. The minimum Gasteiger partial charge on any atom is -0.444 e. The lowest BCUT2D eigenvalue weighted by Gasteiger charge is -2.41. The number of halogens is 1. The van der Waals surface area contributed by atoms with Crippen LogP contribution in [0.1, 0.15) is 124 Å². The van der Waals surface area contributed by atoms with E-state index in [0.29, 0.717) is 45.2 Å². The summed E-state index contributed by atoms with van der Waals surface area (Å²) in [5.41, 5.74) is 4.84. The van der Waals surface area contributed by atoms with Gasteiger partial charge in [-0.2, -0.15) is 9.71 Å². The fourth-order valence-electron chi connectivity index (χ4n) is 6.82. The molecule has 0 radical (unpaired) electrons. The number of allylic oxidation sites excluding steroid dienone is 2. The fourth-order valence-corrected chi connectivity index (χ4v) is 6.82. The minimum absolute atomic E-state index is 0. The van der Waals surface area contributed by atoms with E-state index < -0.39 is 17.8 Å². The molecule has 0 spiro atoms. The van der Waals surface area contributed by atoms with Gasteiger partial charge in [-0.05, 0) is 97.6 Å². The number of epoxide rings is 1. The lowest BCUT2D eigenvalue weighted by Crippen LogP contribution is -2.57. The molecule has 3 heterocycles. The van der Waals surface area contributed by atoms with Gasteiger partial charge in [0.2, 0.25) is 0 Å². The van der Waals surface area contributed by atoms with E-state index in [1.807, 2.05) is 125 Å². The van der Waals surface area contributed by atoms with Crippen molar-refractivity contribution in [1.29, 1.82) is 0 Å². The van der Waals surface area contributed by atoms with Crippen LogP contribution in [0, 0.1) is 0 Å². The molecule has 3 aliphatic heterocycles. The fraction of sp³-hybridized carbons (Fsp3) is 0.574. The van der Waals surface area contributed by atoms with Crippen molar-refractivity contribution in [2.75, 3.05) is 32.8 Å². The molecule has 10 N–H and O–H groups in total. The minimum atomic E-state index is -0.508. The molecule has 3 saturated heterocycles. The molecule has 0 aromatic heterocycles. The third-order valence-corrected chi connectivity index (χ3v) is 10.6. The average Bonchev–Trinajstić information content (AvgIpc) is 4.11. The lowest BCUT2D eigenvalue weighted by molar-refractivity contribution is -1.13. The summed E-state index contributed by atoms with van der Waals surface area (Å²) in [6.45, 7) is 22.3. The van der Waals surface area contributed by atoms with Gasteiger partial charge in [-0.3, -0.25) is 0 Å². The maximum absolute atomic E-state index is 11.8. The zero-order valence-electron chi connectivity index (χ0n) is 41.6. The third kappa shape index (κ3) is 35.3. The smallest absolute Gasteiger partial charge is 0.410 e. The molecule has 3 fully saturated rings. The standard InChI is InChI=1S/C13H20NO2.C13H19NO2.C11H21NO3.C7H9NO.C6H10O.C2H6O.2CH4.ClH.H2O/c1-11-7-8-13(15)10-14(11,16)9-12-5-3-2-4-6-12;1-2-3-9-13(15)11-14(16)10-12-7-5-4-6-8-12;1-8-5-6-9(13)7-12(8)10(14)15-11(2,3)4;9-8-6-7-4-2-1-3-5-7;1-2-3-4-6-5-7-6;1-2-3;;;;/h2-6,11,13,15-16H,7-10H2,1H3;2,4-8,13,15-16H,1,3,9-11H2;8-9,13H,5-7H2,1-4H3;1-5,8-9H,6H2;2,6H,1,3-5H2;3H,2H2,1H3;2*1H4;1H;1H2/q+1;;;;;;;;;/t11-,13-,14+;13-;8-,9-;;6-;;;;;/m111.1...../s1. The van der Waals surface area contributed by atoms with Crippen molar-refractivity contribution >= 4 is 18.5 Å². The van der Waals surface area contributed by atoms with Crippen molar-refractivity contribution in [2.45, 2.75) is 169 Å². The Morgan fingerprint density at radius 2 is 1.37 bits per heavy atom. The molecule has 15 nitrogen and oxygen atoms in total. The monoisotopic (exact) mass is 1010 g/mol. The predicted octanol–water partition coefficient (Wildman–Crippen LogP) is 9.29. The van der Waals surface area contributed by atoms with Crippen LogP contribution in [0.5, 0.6) is 0 Å². The van der Waals surface area contributed by atoms with Crippen LogP contribution in [0.4, 0.5) is 4.79 Å². The highest BCUT2D eigenvalue weighted by Gasteiger charge is 2.40. The zero-order chi connectivity index (χ0) is 49.4. The van der Waals surface area contributed by atoms with E-state index in [9.17, 15) is 30.5 Å². The number of ether oxygens (including phenoxy) is 2. The molecular weight excluding hydrogens is 916 g/mol. The lowest BCUT2D eigenvalue weighted by atomic mass is 9.99. The van der Waals surface area contributed by atoms with Gasteiger partial charge in [0.15, 0.2) is 0 Å². The zero-order valence-corrected chi connectivity index (χ0v) is 42.4. The Morgan fingerprint density at radius 1 is 0.886 bits per heavy atom. The molecule has 7 atom stereocenters. The second-order valence-corrected chi connectivity index (χ2v) is 17.9. The van der Waals surface area contributed by atoms with E-state index in [1.54, 1.807) is 17.9 Å². The van der Waals surface area contributed by atoms with Gasteiger partial charge in [0, 0.05) is 37.7 Å². The average molecular weight is 1010 g/mol. The summed E-state index contributed by atoms with van der Waals surface area (Å²) in [6.07, 6.45) is 9.62. The van der Waals surface area contributed by atoms with Gasteiger partial charge in [0.25, 0.3) is 0 Å². The molecule has 70 heavy (non-hydrogen) atoms. The molecule has 3 aliphatic rings. The van der Waals surface area contributed by atoms with Crippen LogP contribution in [-0.2, 0) is 29.1 Å². The Kier molecular flexibility index (Phi) is 43.4. The van der Waals surface area contributed by atoms with Gasteiger partial charge in [-0.25, -0.2) is 15.5 Å². The van der Waals surface area contributed by atoms with E-state index in [1.165, 1.54) is 6.42 Å². The molecule has 0 aliphatic carbocycles. The highest BCUT2D eigenvalue weighted by molar-refractivity contribution is 5.85. The molecule has 404 valence electrons. The highest BCUT2D eigenvalue weighted by Crippen LogP contribution is 2.26. The maximum Gasteiger partial charge on any atom is 0.410 e. The number of quaternary nitrogens is 1. The predicted molar refractivity (Wildman–Crippen MR) is 285 cm³/mol. The summed E-state index contributed by atoms with van der Waals surface area (Å²) in [4.78, 5) is 13.4. The van der Waals surface area contributed by atoms with E-state index in [-0.39, 0.29) is 74.8 Å². The molecular formula is C54H96ClN4O11+. The largest absolute Gasteiger partial charge is 0.444 e. The number of amides is 1. The number of nitrogens with one attached hydrogen (secondary N) is 1. The molecule has 0 bridgehead atoms. The third-order valence-electron chi connectivity index (χ3n) is 10.6. The van der Waals surface area contributed by atoms with E-state index in [0.717, 1.165) is 66.9 Å². The summed E-state index contributed by atoms with van der Waals surface area (Å²) >= 11 is 0. The van der Waals surface area contributed by atoms with Crippen molar-refractivity contribution in [3.05, 3.63) is 133 Å². The summed E-state index contributed by atoms with van der Waals surface area (Å²) < 4.78 is 10.2. The van der Waals surface area contributed by atoms with E-state index >= 15 is 0 Å². The number of nitrogens with zero attached hydrogens (tertiary/aromatic N) is 3. The second-order valence-electron chi connectivity index (χ2n) is 17.9. The number of carbonyl (C=O) groups is 1. The number of piperidine rings is 2. The van der Waals surface area contributed by atoms with Crippen molar-refractivity contribution < 1.29 is 60.4 Å². The summed E-state index contributed by atoms with van der Waals surface area (Å²) in [5, 5.41) is 65.9. The van der Waals surface area contributed by atoms with Crippen LogP contribution in [0.25, 0.3) is 0 Å². The first-order valence-electron chi connectivity index (χ1n) is 23.4. The topological polar surface area (TPSA) is 230 Å². The van der Waals surface area contributed by atoms with Gasteiger partial charge in [0.05, 0.1) is 38.0 Å². The van der Waals surface area contributed by atoms with Gasteiger partial charge >= 0.3 is 6.09 Å². The first-order chi connectivity index (χ1) is 31.4. The number of hydrogen-bond donors (Lipinski definition) is 8. The second kappa shape index (κ2) is 41.8. The molecule has 0 saturated carbocycles. The number of β-amino-alcohol motifs (C(OH)–C–C–N with tert-alkyl or cyclic N) is 1. The SMILES string of the molecule is C.C.C=CCC[C@@H](O)CN(O)Cc1ccccc1.C=CCC[C@@H]1CO1.CCO.C[C@@H]1CC[C@@H](O)CN1C(=O)OC(C)(C)C.C[C@@H]1CC[C@@H](O)C[N@@+]1(O)Cc1ccccc1.Cl.O.ONCc1ccccc1. The first kappa shape index (κ1) is 72.8. The summed E-state index contributed by atoms with van der Waals surface area (Å²) in [7, 11) is 0. The first-order valence-corrected chi connectivity index (χ1v) is 23.4. The summed E-state index contributed by atoms with van der Waals surface area (Å²) in [6, 6.07) is 29.7. The normalized spacial score (nSPS) is 21.0. The number of aliphatic hydroxyl groups is 4. The number of hydrogen-bond acceptors (Lipinski definition) is 12. The molecule has 16 heteroatoms.